The zero-order valence-electron chi connectivity index (χ0n) is 11.3. The van der Waals surface area contributed by atoms with Gasteiger partial charge in [-0.3, -0.25) is 14.9 Å². The Morgan fingerprint density at radius 1 is 1.48 bits per heavy atom. The van der Waals surface area contributed by atoms with Crippen molar-refractivity contribution in [2.75, 3.05) is 19.8 Å². The van der Waals surface area contributed by atoms with Gasteiger partial charge in [0, 0.05) is 12.6 Å². The average molecular weight is 300 g/mol. The fourth-order valence-corrected chi connectivity index (χ4v) is 1.46. The smallest absolute Gasteiger partial charge is 0.305 e. The largest absolute Gasteiger partial charge is 0.375 e. The predicted octanol–water partition coefficient (Wildman–Crippen LogP) is 2.20. The van der Waals surface area contributed by atoms with Crippen molar-refractivity contribution in [1.82, 2.24) is 5.32 Å². The fraction of sp³-hybridized carbons (Fsp3) is 0.308. The summed E-state index contributed by atoms with van der Waals surface area (Å²) in [5.41, 5.74) is -1.15. The topological polar surface area (TPSA) is 81.5 Å². The van der Waals surface area contributed by atoms with Crippen molar-refractivity contribution < 1.29 is 23.2 Å². The van der Waals surface area contributed by atoms with Crippen LogP contribution in [-0.2, 0) is 4.74 Å². The molecule has 114 valence electrons. The van der Waals surface area contributed by atoms with Crippen LogP contribution in [0.5, 0.6) is 0 Å². The summed E-state index contributed by atoms with van der Waals surface area (Å²) in [5, 5.41) is 12.8. The molecule has 0 spiro atoms. The number of ether oxygens (including phenoxy) is 1. The van der Waals surface area contributed by atoms with Crippen molar-refractivity contribution in [3.63, 3.8) is 0 Å². The Bertz CT molecular complexity index is 576. The van der Waals surface area contributed by atoms with Gasteiger partial charge in [-0.15, -0.1) is 0 Å². The number of amides is 1. The molecule has 0 heterocycles. The predicted molar refractivity (Wildman–Crippen MR) is 71.0 cm³/mol. The Kier molecular flexibility index (Phi) is 5.92. The number of nitrogens with one attached hydrogen (secondary N) is 1. The van der Waals surface area contributed by atoms with Crippen LogP contribution in [0, 0.1) is 21.7 Å². The Morgan fingerprint density at radius 3 is 2.71 bits per heavy atom. The van der Waals surface area contributed by atoms with Gasteiger partial charge in [-0.25, -0.2) is 4.39 Å². The number of hydrogen-bond donors (Lipinski definition) is 1. The number of nitrogens with zero attached hydrogens (tertiary/aromatic N) is 1. The van der Waals surface area contributed by atoms with E-state index >= 15 is 0 Å². The van der Waals surface area contributed by atoms with Gasteiger partial charge in [0.2, 0.25) is 5.82 Å². The number of nitro benzene ring substituents is 1. The van der Waals surface area contributed by atoms with Gasteiger partial charge in [-0.2, -0.15) is 4.39 Å². The van der Waals surface area contributed by atoms with Crippen molar-refractivity contribution >= 4 is 11.6 Å². The van der Waals surface area contributed by atoms with Crippen molar-refractivity contribution in [2.45, 2.75) is 6.92 Å². The summed E-state index contributed by atoms with van der Waals surface area (Å²) in [7, 11) is 0. The number of carbonyl (C=O) groups is 1. The van der Waals surface area contributed by atoms with E-state index in [0.29, 0.717) is 18.7 Å². The van der Waals surface area contributed by atoms with Crippen LogP contribution < -0.4 is 5.32 Å². The second-order valence-electron chi connectivity index (χ2n) is 4.28. The first-order valence-electron chi connectivity index (χ1n) is 5.97. The van der Waals surface area contributed by atoms with E-state index in [2.05, 4.69) is 11.9 Å². The summed E-state index contributed by atoms with van der Waals surface area (Å²) in [6.07, 6.45) is 0. The number of halogens is 2. The van der Waals surface area contributed by atoms with E-state index in [1.807, 2.05) is 0 Å². The van der Waals surface area contributed by atoms with E-state index in [-0.39, 0.29) is 13.2 Å². The molecule has 1 rings (SSSR count). The number of hydrogen-bond acceptors (Lipinski definition) is 4. The van der Waals surface area contributed by atoms with Gasteiger partial charge in [-0.1, -0.05) is 12.2 Å². The second-order valence-corrected chi connectivity index (χ2v) is 4.28. The van der Waals surface area contributed by atoms with Gasteiger partial charge in [0.1, 0.15) is 11.4 Å². The van der Waals surface area contributed by atoms with E-state index in [9.17, 15) is 23.7 Å². The fourth-order valence-electron chi connectivity index (χ4n) is 1.46. The third kappa shape index (κ3) is 4.60. The van der Waals surface area contributed by atoms with Crippen LogP contribution in [-0.4, -0.2) is 30.6 Å². The summed E-state index contributed by atoms with van der Waals surface area (Å²) < 4.78 is 32.3. The third-order valence-corrected chi connectivity index (χ3v) is 2.37. The molecule has 0 atom stereocenters. The Morgan fingerprint density at radius 2 is 2.14 bits per heavy atom. The molecule has 1 N–H and O–H groups in total. The Hall–Kier alpha value is -2.35. The van der Waals surface area contributed by atoms with Crippen LogP contribution in [0.1, 0.15) is 17.3 Å². The molecule has 0 aliphatic rings. The highest BCUT2D eigenvalue weighted by Gasteiger charge is 2.25. The molecule has 0 radical (unpaired) electrons. The highest BCUT2D eigenvalue weighted by molar-refractivity contribution is 5.95. The first kappa shape index (κ1) is 16.7. The molecule has 0 unspecified atom stereocenters. The molecule has 0 fully saturated rings. The van der Waals surface area contributed by atoms with Gasteiger partial charge in [0.05, 0.1) is 18.1 Å². The standard InChI is InChI=1S/C13H14F2N2O4/c1-8(2)7-21-6-5-16-13(18)11-9(14)3-4-10(12(11)15)17(19)20/h3-4H,1,5-7H2,2H3,(H,16,18). The molecule has 1 aromatic carbocycles. The highest BCUT2D eigenvalue weighted by atomic mass is 19.1. The molecule has 1 amide bonds. The zero-order chi connectivity index (χ0) is 16.0. The maximum atomic E-state index is 13.7. The van der Waals surface area contributed by atoms with Crippen molar-refractivity contribution in [3.8, 4) is 0 Å². The molecular weight excluding hydrogens is 286 g/mol. The third-order valence-electron chi connectivity index (χ3n) is 2.37. The van der Waals surface area contributed by atoms with Gasteiger partial charge in [-0.05, 0) is 13.0 Å². The van der Waals surface area contributed by atoms with E-state index in [0.717, 1.165) is 5.57 Å². The molecule has 6 nitrogen and oxygen atoms in total. The second kappa shape index (κ2) is 7.44. The molecule has 0 saturated heterocycles. The minimum absolute atomic E-state index is 0.00762. The lowest BCUT2D eigenvalue weighted by Gasteiger charge is -2.08. The molecule has 0 aromatic heterocycles. The number of nitro groups is 1. The Labute approximate surface area is 119 Å². The van der Waals surface area contributed by atoms with Crippen LogP contribution in [0.4, 0.5) is 14.5 Å². The van der Waals surface area contributed by atoms with Crippen LogP contribution in [0.3, 0.4) is 0 Å². The Balaban J connectivity index is 2.72. The van der Waals surface area contributed by atoms with Crippen molar-refractivity contribution in [1.29, 1.82) is 0 Å². The van der Waals surface area contributed by atoms with Gasteiger partial charge in [0.15, 0.2) is 0 Å². The number of rotatable bonds is 7. The lowest BCUT2D eigenvalue weighted by atomic mass is 10.1. The lowest BCUT2D eigenvalue weighted by Crippen LogP contribution is -2.29. The molecular formula is C13H14F2N2O4. The first-order valence-corrected chi connectivity index (χ1v) is 5.97. The SMILES string of the molecule is C=C(C)COCCNC(=O)c1c(F)ccc([N+](=O)[O-])c1F. The quantitative estimate of drug-likeness (QED) is 0.362. The van der Waals surface area contributed by atoms with Gasteiger partial charge < -0.3 is 10.1 Å². The molecule has 0 saturated carbocycles. The molecule has 0 bridgehead atoms. The molecule has 0 aliphatic carbocycles. The van der Waals surface area contributed by atoms with Crippen LogP contribution >= 0.6 is 0 Å². The van der Waals surface area contributed by atoms with E-state index in [4.69, 9.17) is 4.74 Å². The normalized spacial score (nSPS) is 10.2. The minimum Gasteiger partial charge on any atom is -0.375 e. The van der Waals surface area contributed by atoms with E-state index < -0.39 is 33.7 Å². The van der Waals surface area contributed by atoms with Gasteiger partial charge >= 0.3 is 5.69 Å². The number of carbonyl (C=O) groups excluding carboxylic acids is 1. The van der Waals surface area contributed by atoms with E-state index in [1.54, 1.807) is 6.92 Å². The van der Waals surface area contributed by atoms with Crippen LogP contribution in [0.15, 0.2) is 24.3 Å². The number of benzene rings is 1. The van der Waals surface area contributed by atoms with Gasteiger partial charge in [0.25, 0.3) is 5.91 Å². The zero-order valence-corrected chi connectivity index (χ0v) is 11.3. The lowest BCUT2D eigenvalue weighted by molar-refractivity contribution is -0.387. The monoisotopic (exact) mass is 300 g/mol. The summed E-state index contributed by atoms with van der Waals surface area (Å²) in [6, 6.07) is 1.34. The molecule has 8 heteroatoms. The first-order chi connectivity index (χ1) is 9.84. The summed E-state index contributed by atoms with van der Waals surface area (Å²) in [4.78, 5) is 21.2. The molecule has 0 aliphatic heterocycles. The van der Waals surface area contributed by atoms with Crippen molar-refractivity contribution in [3.05, 3.63) is 51.6 Å². The maximum Gasteiger partial charge on any atom is 0.305 e. The summed E-state index contributed by atoms with van der Waals surface area (Å²) in [5.74, 6) is -3.74. The molecule has 1 aromatic rings. The summed E-state index contributed by atoms with van der Waals surface area (Å²) in [6.45, 7) is 5.80. The van der Waals surface area contributed by atoms with E-state index in [1.165, 1.54) is 0 Å². The van der Waals surface area contributed by atoms with Crippen molar-refractivity contribution in [2.24, 2.45) is 0 Å². The maximum absolute atomic E-state index is 13.7. The van der Waals surface area contributed by atoms with Crippen LogP contribution in [0.2, 0.25) is 0 Å². The highest BCUT2D eigenvalue weighted by Crippen LogP contribution is 2.22. The van der Waals surface area contributed by atoms with Crippen LogP contribution in [0.25, 0.3) is 0 Å². The average Bonchev–Trinajstić information content (AvgIpc) is 2.37. The summed E-state index contributed by atoms with van der Waals surface area (Å²) >= 11 is 0. The molecule has 21 heavy (non-hydrogen) atoms. The minimum atomic E-state index is -1.50.